The number of halogens is 3. The number of amides is 2. The fraction of sp³-hybridized carbons (Fsp3) is 0.105. The van der Waals surface area contributed by atoms with Crippen molar-refractivity contribution in [1.29, 1.82) is 5.26 Å². The molecule has 1 aliphatic heterocycles. The molecule has 1 heterocycles. The van der Waals surface area contributed by atoms with Crippen LogP contribution in [0.3, 0.4) is 0 Å². The number of hydrogen-bond donors (Lipinski definition) is 1. The number of benzene rings is 2. The summed E-state index contributed by atoms with van der Waals surface area (Å²) in [6.45, 7) is 0. The summed E-state index contributed by atoms with van der Waals surface area (Å²) in [5, 5.41) is 10.8. The van der Waals surface area contributed by atoms with E-state index in [2.05, 4.69) is 5.32 Å². The van der Waals surface area contributed by atoms with Crippen molar-refractivity contribution in [2.75, 3.05) is 7.11 Å². The van der Waals surface area contributed by atoms with Gasteiger partial charge in [0.1, 0.15) is 11.8 Å². The molecule has 10 heteroatoms. The van der Waals surface area contributed by atoms with Crippen molar-refractivity contribution in [2.45, 2.75) is 6.18 Å². The standard InChI is InChI=1S/C19H11F3N2O4S/c1-27-15-6-10(7-16-17(25)24-18(26)29-16)2-4-14(15)28-13-5-3-12(19(20,21)22)8-11(13)9-23/h2-8H,1H3,(H,24,25,26)/b16-7-. The third kappa shape index (κ3) is 4.52. The van der Waals surface area contributed by atoms with Crippen molar-refractivity contribution in [1.82, 2.24) is 5.32 Å². The van der Waals surface area contributed by atoms with Crippen LogP contribution >= 0.6 is 11.8 Å². The number of ether oxygens (including phenoxy) is 2. The van der Waals surface area contributed by atoms with Crippen molar-refractivity contribution in [2.24, 2.45) is 0 Å². The Morgan fingerprint density at radius 3 is 2.41 bits per heavy atom. The van der Waals surface area contributed by atoms with Crippen LogP contribution in [0.4, 0.5) is 18.0 Å². The number of nitrogens with zero attached hydrogens (tertiary/aromatic N) is 1. The highest BCUT2D eigenvalue weighted by Crippen LogP contribution is 2.37. The minimum absolute atomic E-state index is 0.0683. The van der Waals surface area contributed by atoms with Gasteiger partial charge in [-0.2, -0.15) is 18.4 Å². The molecule has 2 amide bonds. The third-order valence-corrected chi connectivity index (χ3v) is 4.59. The number of imide groups is 1. The van der Waals surface area contributed by atoms with Crippen LogP contribution in [-0.4, -0.2) is 18.3 Å². The number of alkyl halides is 3. The molecule has 0 saturated carbocycles. The normalized spacial score (nSPS) is 15.2. The van der Waals surface area contributed by atoms with Crippen LogP contribution in [-0.2, 0) is 11.0 Å². The van der Waals surface area contributed by atoms with Crippen molar-refractivity contribution in [3.8, 4) is 23.3 Å². The number of methoxy groups -OCH3 is 1. The van der Waals surface area contributed by atoms with Crippen LogP contribution in [0, 0.1) is 11.3 Å². The molecule has 0 aromatic heterocycles. The van der Waals surface area contributed by atoms with Crippen molar-refractivity contribution in [3.63, 3.8) is 0 Å². The summed E-state index contributed by atoms with van der Waals surface area (Å²) in [5.41, 5.74) is -0.711. The number of carbonyl (C=O) groups is 2. The van der Waals surface area contributed by atoms with E-state index in [0.717, 1.165) is 23.9 Å². The molecule has 0 radical (unpaired) electrons. The van der Waals surface area contributed by atoms with E-state index in [9.17, 15) is 22.8 Å². The lowest BCUT2D eigenvalue weighted by Gasteiger charge is -2.13. The SMILES string of the molecule is COc1cc(/C=C2\SC(=O)NC2=O)ccc1Oc1ccc(C(F)(F)F)cc1C#N. The van der Waals surface area contributed by atoms with Gasteiger partial charge in [0.15, 0.2) is 11.5 Å². The second kappa shape index (κ2) is 7.89. The monoisotopic (exact) mass is 420 g/mol. The fourth-order valence-corrected chi connectivity index (χ4v) is 3.11. The molecule has 1 N–H and O–H groups in total. The fourth-order valence-electron chi connectivity index (χ4n) is 2.43. The number of rotatable bonds is 4. The third-order valence-electron chi connectivity index (χ3n) is 3.77. The Hall–Kier alpha value is -3.45. The van der Waals surface area contributed by atoms with Gasteiger partial charge in [0.05, 0.1) is 23.1 Å². The first-order valence-electron chi connectivity index (χ1n) is 7.93. The van der Waals surface area contributed by atoms with E-state index in [4.69, 9.17) is 14.7 Å². The molecule has 0 spiro atoms. The highest BCUT2D eigenvalue weighted by atomic mass is 32.2. The molecular weight excluding hydrogens is 409 g/mol. The van der Waals surface area contributed by atoms with Gasteiger partial charge in [-0.25, -0.2) is 0 Å². The van der Waals surface area contributed by atoms with Crippen LogP contribution in [0.1, 0.15) is 16.7 Å². The smallest absolute Gasteiger partial charge is 0.416 e. The summed E-state index contributed by atoms with van der Waals surface area (Å²) in [4.78, 5) is 23.1. The van der Waals surface area contributed by atoms with Gasteiger partial charge in [0.25, 0.3) is 11.1 Å². The van der Waals surface area contributed by atoms with E-state index < -0.39 is 22.9 Å². The topological polar surface area (TPSA) is 88.4 Å². The largest absolute Gasteiger partial charge is 0.493 e. The maximum absolute atomic E-state index is 12.8. The van der Waals surface area contributed by atoms with E-state index in [1.165, 1.54) is 25.3 Å². The highest BCUT2D eigenvalue weighted by Gasteiger charge is 2.31. The lowest BCUT2D eigenvalue weighted by atomic mass is 10.1. The van der Waals surface area contributed by atoms with Crippen molar-refractivity contribution >= 4 is 29.0 Å². The number of nitriles is 1. The molecule has 2 aromatic carbocycles. The van der Waals surface area contributed by atoms with Gasteiger partial charge in [0.2, 0.25) is 0 Å². The summed E-state index contributed by atoms with van der Waals surface area (Å²) in [5.74, 6) is -0.202. The molecule has 1 fully saturated rings. The number of thioether (sulfide) groups is 1. The van der Waals surface area contributed by atoms with Crippen LogP contribution in [0.25, 0.3) is 6.08 Å². The van der Waals surface area contributed by atoms with Gasteiger partial charge < -0.3 is 9.47 Å². The van der Waals surface area contributed by atoms with E-state index in [1.807, 2.05) is 0 Å². The Kier molecular flexibility index (Phi) is 5.52. The summed E-state index contributed by atoms with van der Waals surface area (Å²) in [6, 6.07) is 8.82. The molecule has 0 bridgehead atoms. The first-order chi connectivity index (χ1) is 13.7. The Balaban J connectivity index is 1.91. The average molecular weight is 420 g/mol. The van der Waals surface area contributed by atoms with Gasteiger partial charge in [-0.05, 0) is 53.7 Å². The second-order valence-corrected chi connectivity index (χ2v) is 6.70. The first kappa shape index (κ1) is 20.3. The number of carbonyl (C=O) groups excluding carboxylic acids is 2. The van der Waals surface area contributed by atoms with E-state index in [0.29, 0.717) is 11.6 Å². The quantitative estimate of drug-likeness (QED) is 0.722. The van der Waals surface area contributed by atoms with Gasteiger partial charge in [-0.15, -0.1) is 0 Å². The van der Waals surface area contributed by atoms with E-state index in [-0.39, 0.29) is 27.7 Å². The van der Waals surface area contributed by atoms with Crippen molar-refractivity contribution < 1.29 is 32.2 Å². The average Bonchev–Trinajstić information content (AvgIpc) is 2.99. The van der Waals surface area contributed by atoms with Crippen LogP contribution < -0.4 is 14.8 Å². The Labute approximate surface area is 166 Å². The zero-order chi connectivity index (χ0) is 21.2. The van der Waals surface area contributed by atoms with E-state index in [1.54, 1.807) is 12.1 Å². The Morgan fingerprint density at radius 1 is 1.10 bits per heavy atom. The second-order valence-electron chi connectivity index (χ2n) is 5.69. The van der Waals surface area contributed by atoms with Crippen LogP contribution in [0.15, 0.2) is 41.3 Å². The number of hydrogen-bond acceptors (Lipinski definition) is 6. The molecule has 148 valence electrons. The van der Waals surface area contributed by atoms with Crippen LogP contribution in [0.2, 0.25) is 0 Å². The van der Waals surface area contributed by atoms with Crippen molar-refractivity contribution in [3.05, 3.63) is 58.0 Å². The zero-order valence-corrected chi connectivity index (χ0v) is 15.5. The molecule has 6 nitrogen and oxygen atoms in total. The van der Waals surface area contributed by atoms with Gasteiger partial charge >= 0.3 is 6.18 Å². The van der Waals surface area contributed by atoms with E-state index >= 15 is 0 Å². The Bertz CT molecular complexity index is 1070. The molecular formula is C19H11F3N2O4S. The molecule has 29 heavy (non-hydrogen) atoms. The zero-order valence-electron chi connectivity index (χ0n) is 14.7. The minimum atomic E-state index is -4.58. The first-order valence-corrected chi connectivity index (χ1v) is 8.75. The molecule has 0 aliphatic carbocycles. The van der Waals surface area contributed by atoms with Crippen LogP contribution in [0.5, 0.6) is 17.2 Å². The lowest BCUT2D eigenvalue weighted by molar-refractivity contribution is -0.137. The predicted octanol–water partition coefficient (Wildman–Crippen LogP) is 4.70. The molecule has 1 aliphatic rings. The lowest BCUT2D eigenvalue weighted by Crippen LogP contribution is -2.17. The molecule has 0 unspecified atom stereocenters. The minimum Gasteiger partial charge on any atom is -0.493 e. The summed E-state index contributed by atoms with van der Waals surface area (Å²) in [7, 11) is 1.36. The number of nitrogens with one attached hydrogen (secondary N) is 1. The van der Waals surface area contributed by atoms with Gasteiger partial charge in [0, 0.05) is 0 Å². The molecule has 0 atom stereocenters. The summed E-state index contributed by atoms with van der Waals surface area (Å²) >= 11 is 0.759. The van der Waals surface area contributed by atoms with Gasteiger partial charge in [-0.1, -0.05) is 6.07 Å². The molecule has 2 aromatic rings. The summed E-state index contributed by atoms with van der Waals surface area (Å²) in [6.07, 6.45) is -3.10. The predicted molar refractivity (Wildman–Crippen MR) is 98.3 cm³/mol. The molecule has 3 rings (SSSR count). The maximum atomic E-state index is 12.8. The highest BCUT2D eigenvalue weighted by molar-refractivity contribution is 8.18. The maximum Gasteiger partial charge on any atom is 0.416 e. The van der Waals surface area contributed by atoms with Gasteiger partial charge in [-0.3, -0.25) is 14.9 Å². The molecule has 1 saturated heterocycles. The Morgan fingerprint density at radius 2 is 1.83 bits per heavy atom. The summed E-state index contributed by atoms with van der Waals surface area (Å²) < 4.78 is 49.3.